The van der Waals surface area contributed by atoms with Crippen LogP contribution < -0.4 is 5.73 Å². The molecule has 4 atom stereocenters. The topological polar surface area (TPSA) is 108 Å². The first-order valence-electron chi connectivity index (χ1n) is 5.79. The molecule has 0 radical (unpaired) electrons. The van der Waals surface area contributed by atoms with Crippen LogP contribution in [-0.2, 0) is 9.26 Å². The van der Waals surface area contributed by atoms with Crippen LogP contribution in [0.4, 0.5) is 5.82 Å². The minimum absolute atomic E-state index is 0.0979. The number of fused-ring (bicyclic) bond motifs is 1. The number of aliphatic hydroxyl groups is 1. The van der Waals surface area contributed by atoms with Crippen LogP contribution in [0.3, 0.4) is 0 Å². The normalized spacial score (nSPS) is 27.2. The van der Waals surface area contributed by atoms with Crippen molar-refractivity contribution in [3.05, 3.63) is 12.7 Å². The highest BCUT2D eigenvalue weighted by molar-refractivity contribution is 7.09. The molecule has 3 heterocycles. The molecule has 0 aromatic carbocycles. The maximum Gasteiger partial charge on any atom is 0.167 e. The van der Waals surface area contributed by atoms with Gasteiger partial charge >= 0.3 is 0 Å². The number of nitrogen functional groups attached to an aromatic ring is 1. The molecule has 1 aliphatic rings. The number of nitrogens with zero attached hydrogens (tertiary/aromatic N) is 4. The maximum atomic E-state index is 9.26. The summed E-state index contributed by atoms with van der Waals surface area (Å²) < 4.78 is 12.7. The summed E-state index contributed by atoms with van der Waals surface area (Å²) in [5, 5.41) is 9.26. The van der Waals surface area contributed by atoms with Crippen molar-refractivity contribution in [2.24, 2.45) is 0 Å². The second-order valence-electron chi connectivity index (χ2n) is 4.30. The lowest BCUT2D eigenvalue weighted by atomic mass is 10.2. The average molecular weight is 283 g/mol. The zero-order chi connectivity index (χ0) is 13.4. The Morgan fingerprint density at radius 3 is 3.05 bits per heavy atom. The SMILES string of the molecule is Nc1ncnc2c1ncn2[C@H]1C[C@H](OP)[C@@H](CO)O1. The molecular formula is C10H14N5O3P. The third-order valence-electron chi connectivity index (χ3n) is 3.23. The Bertz CT molecular complexity index is 580. The number of nitrogens with two attached hydrogens (primary N) is 1. The molecule has 0 aliphatic carbocycles. The van der Waals surface area contributed by atoms with Gasteiger partial charge in [0.15, 0.2) is 11.5 Å². The molecule has 19 heavy (non-hydrogen) atoms. The van der Waals surface area contributed by atoms with Gasteiger partial charge < -0.3 is 20.1 Å². The van der Waals surface area contributed by atoms with E-state index in [1.807, 2.05) is 0 Å². The highest BCUT2D eigenvalue weighted by Crippen LogP contribution is 2.33. The van der Waals surface area contributed by atoms with Crippen LogP contribution in [0.1, 0.15) is 12.6 Å². The number of ether oxygens (including phenoxy) is 1. The minimum Gasteiger partial charge on any atom is -0.394 e. The molecule has 1 aliphatic heterocycles. The summed E-state index contributed by atoms with van der Waals surface area (Å²) in [4.78, 5) is 12.2. The van der Waals surface area contributed by atoms with E-state index in [4.69, 9.17) is 15.0 Å². The van der Waals surface area contributed by atoms with E-state index in [0.717, 1.165) is 0 Å². The Morgan fingerprint density at radius 1 is 1.53 bits per heavy atom. The molecule has 2 aromatic rings. The Hall–Kier alpha value is -1.34. The molecular weight excluding hydrogens is 269 g/mol. The van der Waals surface area contributed by atoms with Crippen LogP contribution in [0, 0.1) is 0 Å². The van der Waals surface area contributed by atoms with E-state index in [2.05, 4.69) is 24.4 Å². The highest BCUT2D eigenvalue weighted by atomic mass is 31.0. The molecule has 2 aromatic heterocycles. The summed E-state index contributed by atoms with van der Waals surface area (Å²) in [5.74, 6) is 0.333. The molecule has 0 spiro atoms. The Balaban J connectivity index is 1.95. The van der Waals surface area contributed by atoms with Crippen LogP contribution in [0.25, 0.3) is 11.2 Å². The molecule has 8 nitrogen and oxygen atoms in total. The first-order valence-corrected chi connectivity index (χ1v) is 6.26. The second kappa shape index (κ2) is 4.97. The highest BCUT2D eigenvalue weighted by Gasteiger charge is 2.36. The molecule has 1 saturated heterocycles. The Morgan fingerprint density at radius 2 is 2.37 bits per heavy atom. The number of aliphatic hydroxyl groups excluding tert-OH is 1. The van der Waals surface area contributed by atoms with Crippen molar-refractivity contribution in [2.75, 3.05) is 12.3 Å². The van der Waals surface area contributed by atoms with Gasteiger partial charge in [-0.15, -0.1) is 0 Å². The second-order valence-corrected chi connectivity index (χ2v) is 4.58. The molecule has 0 amide bonds. The van der Waals surface area contributed by atoms with Gasteiger partial charge in [-0.25, -0.2) is 15.0 Å². The van der Waals surface area contributed by atoms with Gasteiger partial charge in [-0.05, 0) is 0 Å². The molecule has 0 saturated carbocycles. The monoisotopic (exact) mass is 283 g/mol. The fourth-order valence-corrected chi connectivity index (χ4v) is 2.55. The van der Waals surface area contributed by atoms with Gasteiger partial charge in [-0.3, -0.25) is 4.57 Å². The third-order valence-corrected chi connectivity index (χ3v) is 3.58. The van der Waals surface area contributed by atoms with Crippen LogP contribution in [0.15, 0.2) is 12.7 Å². The zero-order valence-corrected chi connectivity index (χ0v) is 11.2. The van der Waals surface area contributed by atoms with Gasteiger partial charge in [0.25, 0.3) is 0 Å². The first kappa shape index (κ1) is 12.7. The van der Waals surface area contributed by atoms with E-state index >= 15 is 0 Å². The van der Waals surface area contributed by atoms with Gasteiger partial charge in [0.2, 0.25) is 0 Å². The van der Waals surface area contributed by atoms with Gasteiger partial charge in [0, 0.05) is 15.9 Å². The van der Waals surface area contributed by atoms with Gasteiger partial charge in [-0.2, -0.15) is 0 Å². The fraction of sp³-hybridized carbons (Fsp3) is 0.500. The lowest BCUT2D eigenvalue weighted by Gasteiger charge is -2.14. The van der Waals surface area contributed by atoms with E-state index in [-0.39, 0.29) is 25.0 Å². The lowest BCUT2D eigenvalue weighted by molar-refractivity contribution is -0.0372. The number of rotatable bonds is 3. The molecule has 9 heteroatoms. The van der Waals surface area contributed by atoms with Gasteiger partial charge in [0.1, 0.15) is 24.2 Å². The third kappa shape index (κ3) is 2.06. The molecule has 1 fully saturated rings. The maximum absolute atomic E-state index is 9.26. The van der Waals surface area contributed by atoms with Crippen LogP contribution >= 0.6 is 9.47 Å². The quantitative estimate of drug-likeness (QED) is 0.755. The molecule has 1 unspecified atom stereocenters. The van der Waals surface area contributed by atoms with Crippen molar-refractivity contribution >= 4 is 26.4 Å². The smallest absolute Gasteiger partial charge is 0.167 e. The molecule has 102 valence electrons. The number of imidazole rings is 1. The van der Waals surface area contributed by atoms with Crippen molar-refractivity contribution in [1.82, 2.24) is 19.5 Å². The lowest BCUT2D eigenvalue weighted by Crippen LogP contribution is -2.25. The number of hydrogen-bond donors (Lipinski definition) is 2. The molecule has 3 rings (SSSR count). The van der Waals surface area contributed by atoms with E-state index in [1.165, 1.54) is 6.33 Å². The van der Waals surface area contributed by atoms with Crippen molar-refractivity contribution in [3.8, 4) is 0 Å². The predicted octanol–water partition coefficient (Wildman–Crippen LogP) is -0.136. The molecule has 0 bridgehead atoms. The summed E-state index contributed by atoms with van der Waals surface area (Å²) in [6.07, 6.45) is 2.76. The van der Waals surface area contributed by atoms with Gasteiger partial charge in [0.05, 0.1) is 19.0 Å². The largest absolute Gasteiger partial charge is 0.394 e. The zero-order valence-electron chi connectivity index (χ0n) is 10.0. The number of anilines is 1. The predicted molar refractivity (Wildman–Crippen MR) is 69.9 cm³/mol. The van der Waals surface area contributed by atoms with E-state index in [9.17, 15) is 5.11 Å². The first-order chi connectivity index (χ1) is 9.24. The average Bonchev–Trinajstić information content (AvgIpc) is 3.02. The van der Waals surface area contributed by atoms with Crippen molar-refractivity contribution in [2.45, 2.75) is 24.9 Å². The van der Waals surface area contributed by atoms with Crippen molar-refractivity contribution in [3.63, 3.8) is 0 Å². The standard InChI is InChI=1S/C10H14N5O3P/c11-9-8-10(13-3-12-9)15(4-14-8)7-1-5(18-19)6(2-16)17-7/h3-7,16H,1-2,19H2,(H2,11,12,13)/t5-,6+,7+/m0/s1. The van der Waals surface area contributed by atoms with E-state index in [1.54, 1.807) is 10.9 Å². The van der Waals surface area contributed by atoms with E-state index < -0.39 is 0 Å². The van der Waals surface area contributed by atoms with Crippen LogP contribution in [0.2, 0.25) is 0 Å². The van der Waals surface area contributed by atoms with Gasteiger partial charge in [-0.1, -0.05) is 0 Å². The fourth-order valence-electron chi connectivity index (χ4n) is 2.26. The van der Waals surface area contributed by atoms with Crippen LogP contribution in [-0.4, -0.2) is 43.4 Å². The van der Waals surface area contributed by atoms with Crippen molar-refractivity contribution in [1.29, 1.82) is 0 Å². The minimum atomic E-state index is -0.362. The van der Waals surface area contributed by atoms with Crippen molar-refractivity contribution < 1.29 is 14.4 Å². The Kier molecular flexibility index (Phi) is 3.32. The van der Waals surface area contributed by atoms with E-state index in [0.29, 0.717) is 23.4 Å². The summed E-state index contributed by atoms with van der Waals surface area (Å²) in [7, 11) is 2.20. The number of hydrogen-bond acceptors (Lipinski definition) is 7. The number of aromatic nitrogens is 4. The summed E-state index contributed by atoms with van der Waals surface area (Å²) in [6.45, 7) is -0.0979. The van der Waals surface area contributed by atoms with Crippen LogP contribution in [0.5, 0.6) is 0 Å². The summed E-state index contributed by atoms with van der Waals surface area (Å²) >= 11 is 0. The summed E-state index contributed by atoms with van der Waals surface area (Å²) in [6, 6.07) is 0. The Labute approximate surface area is 111 Å². The summed E-state index contributed by atoms with van der Waals surface area (Å²) in [5.41, 5.74) is 6.89. The molecule has 3 N–H and O–H groups in total.